The molecule has 0 aliphatic heterocycles. The van der Waals surface area contributed by atoms with Crippen LogP contribution in [0.3, 0.4) is 0 Å². The van der Waals surface area contributed by atoms with E-state index < -0.39 is 0 Å². The summed E-state index contributed by atoms with van der Waals surface area (Å²) in [6.45, 7) is 0. The van der Waals surface area contributed by atoms with Gasteiger partial charge in [0.25, 0.3) is 0 Å². The zero-order valence-electron chi connectivity index (χ0n) is 25.7. The van der Waals surface area contributed by atoms with E-state index in [0.29, 0.717) is 0 Å². The van der Waals surface area contributed by atoms with Gasteiger partial charge in [0, 0.05) is 37.4 Å². The first-order valence-electron chi connectivity index (χ1n) is 16.1. The Morgan fingerprint density at radius 2 is 1.08 bits per heavy atom. The summed E-state index contributed by atoms with van der Waals surface area (Å²) in [5, 5.41) is 5.72. The predicted molar refractivity (Wildman–Crippen MR) is 201 cm³/mol. The molecule has 0 fully saturated rings. The Labute approximate surface area is 280 Å². The zero-order chi connectivity index (χ0) is 31.6. The van der Waals surface area contributed by atoms with Gasteiger partial charge in [0.05, 0.1) is 15.9 Å². The molecule has 0 amide bonds. The highest BCUT2D eigenvalue weighted by atomic mass is 32.1. The zero-order valence-corrected chi connectivity index (χ0v) is 26.5. The smallest absolute Gasteiger partial charge is 0.160 e. The van der Waals surface area contributed by atoms with Crippen molar-refractivity contribution in [3.05, 3.63) is 158 Å². The molecular weight excluding hydrogens is 605 g/mol. The molecule has 48 heavy (non-hydrogen) atoms. The molecule has 7 aromatic carbocycles. The fourth-order valence-electron chi connectivity index (χ4n) is 6.96. The summed E-state index contributed by atoms with van der Waals surface area (Å²) in [4.78, 5) is 10.3. The summed E-state index contributed by atoms with van der Waals surface area (Å²) in [6, 6.07) is 55.4. The van der Waals surface area contributed by atoms with Crippen molar-refractivity contribution in [2.45, 2.75) is 0 Å². The third-order valence-electron chi connectivity index (χ3n) is 9.31. The highest BCUT2D eigenvalue weighted by molar-refractivity contribution is 7.26. The van der Waals surface area contributed by atoms with E-state index in [4.69, 9.17) is 14.4 Å². The third kappa shape index (κ3) is 4.27. The normalized spacial score (nSPS) is 11.8. The molecule has 3 aromatic heterocycles. The number of nitrogens with zero attached hydrogens (tertiary/aromatic N) is 2. The van der Waals surface area contributed by atoms with Gasteiger partial charge in [-0.2, -0.15) is 0 Å². The van der Waals surface area contributed by atoms with E-state index >= 15 is 0 Å². The fraction of sp³-hybridized carbons (Fsp3) is 0. The monoisotopic (exact) mass is 630 g/mol. The minimum atomic E-state index is 0.730. The number of furan rings is 1. The lowest BCUT2D eigenvalue weighted by atomic mass is 9.95. The topological polar surface area (TPSA) is 38.9 Å². The number of benzene rings is 7. The standard InChI is InChI=1S/C44H26N2OS/c1-3-11-28(12-4-1)35-26-37-36-25-31(23-24-38(36)47-42(37)33-16-8-7-15-32(33)35)27-19-21-30(22-20-27)44-45-40(29-13-5-2-6-14-29)43-41(46-44)34-17-9-10-18-39(34)48-43/h1-26H. The number of hydrogen-bond donors (Lipinski definition) is 0. The van der Waals surface area contributed by atoms with Crippen molar-refractivity contribution < 1.29 is 4.42 Å². The molecule has 3 heterocycles. The van der Waals surface area contributed by atoms with Crippen LogP contribution in [0, 0.1) is 0 Å². The quantitative estimate of drug-likeness (QED) is 0.194. The van der Waals surface area contributed by atoms with Crippen LogP contribution < -0.4 is 0 Å². The van der Waals surface area contributed by atoms with E-state index in [1.165, 1.54) is 26.6 Å². The fourth-order valence-corrected chi connectivity index (χ4v) is 8.11. The maximum atomic E-state index is 6.52. The van der Waals surface area contributed by atoms with Crippen molar-refractivity contribution in [1.82, 2.24) is 9.97 Å². The average molecular weight is 631 g/mol. The Bertz CT molecular complexity index is 2820. The largest absolute Gasteiger partial charge is 0.455 e. The van der Waals surface area contributed by atoms with Crippen molar-refractivity contribution in [3.8, 4) is 44.9 Å². The first-order valence-corrected chi connectivity index (χ1v) is 16.9. The van der Waals surface area contributed by atoms with Crippen LogP contribution in [-0.4, -0.2) is 9.97 Å². The van der Waals surface area contributed by atoms with Crippen molar-refractivity contribution in [3.63, 3.8) is 0 Å². The summed E-state index contributed by atoms with van der Waals surface area (Å²) >= 11 is 1.76. The van der Waals surface area contributed by atoms with Crippen molar-refractivity contribution in [2.75, 3.05) is 0 Å². The lowest BCUT2D eigenvalue weighted by molar-refractivity contribution is 0.673. The molecule has 0 unspecified atom stereocenters. The molecule has 0 aliphatic carbocycles. The van der Waals surface area contributed by atoms with Gasteiger partial charge in [-0.15, -0.1) is 11.3 Å². The van der Waals surface area contributed by atoms with E-state index in [-0.39, 0.29) is 0 Å². The minimum absolute atomic E-state index is 0.730. The first kappa shape index (κ1) is 27.1. The molecular formula is C44H26N2OS. The molecule has 224 valence electrons. The van der Waals surface area contributed by atoms with Gasteiger partial charge in [0.2, 0.25) is 0 Å². The van der Waals surface area contributed by atoms with Gasteiger partial charge in [-0.1, -0.05) is 133 Å². The molecule has 0 aliphatic rings. The highest BCUT2D eigenvalue weighted by Gasteiger charge is 2.18. The molecule has 3 nitrogen and oxygen atoms in total. The number of aromatic nitrogens is 2. The number of fused-ring (bicyclic) bond motifs is 8. The SMILES string of the molecule is c1ccc(-c2cc3c4cc(-c5ccc(-c6nc(-c7ccccc7)c7sc8ccccc8c7n6)cc5)ccc4oc3c3ccccc23)cc1. The summed E-state index contributed by atoms with van der Waals surface area (Å²) in [7, 11) is 0. The van der Waals surface area contributed by atoms with E-state index in [0.717, 1.165) is 71.3 Å². The van der Waals surface area contributed by atoms with Crippen LogP contribution in [0.1, 0.15) is 0 Å². The van der Waals surface area contributed by atoms with Gasteiger partial charge in [-0.05, 0) is 51.9 Å². The minimum Gasteiger partial charge on any atom is -0.455 e. The Balaban J connectivity index is 1.10. The van der Waals surface area contributed by atoms with E-state index in [2.05, 4.69) is 152 Å². The van der Waals surface area contributed by atoms with E-state index in [9.17, 15) is 0 Å². The number of rotatable bonds is 4. The van der Waals surface area contributed by atoms with Gasteiger partial charge >= 0.3 is 0 Å². The Hall–Kier alpha value is -6.10. The Morgan fingerprint density at radius 1 is 0.438 bits per heavy atom. The second-order valence-electron chi connectivity index (χ2n) is 12.1. The summed E-state index contributed by atoms with van der Waals surface area (Å²) < 4.78 is 8.85. The van der Waals surface area contributed by atoms with Gasteiger partial charge in [0.1, 0.15) is 11.2 Å². The molecule has 0 atom stereocenters. The van der Waals surface area contributed by atoms with Crippen molar-refractivity contribution >= 4 is 64.4 Å². The summed E-state index contributed by atoms with van der Waals surface area (Å²) in [5.74, 6) is 0.730. The summed E-state index contributed by atoms with van der Waals surface area (Å²) in [5.41, 5.74) is 10.5. The molecule has 0 radical (unpaired) electrons. The highest BCUT2D eigenvalue weighted by Crippen LogP contribution is 2.42. The second-order valence-corrected chi connectivity index (χ2v) is 13.2. The molecule has 0 N–H and O–H groups in total. The Kier molecular flexibility index (Phi) is 6.05. The molecule has 4 heteroatoms. The molecule has 0 spiro atoms. The van der Waals surface area contributed by atoms with E-state index in [1.807, 2.05) is 6.07 Å². The molecule has 10 rings (SSSR count). The van der Waals surface area contributed by atoms with Crippen LogP contribution >= 0.6 is 11.3 Å². The van der Waals surface area contributed by atoms with Crippen LogP contribution in [0.4, 0.5) is 0 Å². The maximum Gasteiger partial charge on any atom is 0.160 e. The van der Waals surface area contributed by atoms with Crippen LogP contribution in [0.15, 0.2) is 162 Å². The Morgan fingerprint density at radius 3 is 1.88 bits per heavy atom. The number of thiophene rings is 1. The molecule has 0 saturated heterocycles. The van der Waals surface area contributed by atoms with Crippen LogP contribution in [0.25, 0.3) is 97.9 Å². The molecule has 10 aromatic rings. The second kappa shape index (κ2) is 10.7. The lowest BCUT2D eigenvalue weighted by Crippen LogP contribution is -1.93. The van der Waals surface area contributed by atoms with Gasteiger partial charge in [-0.25, -0.2) is 9.97 Å². The van der Waals surface area contributed by atoms with Crippen LogP contribution in [-0.2, 0) is 0 Å². The molecule has 0 saturated carbocycles. The maximum absolute atomic E-state index is 6.52. The van der Waals surface area contributed by atoms with Gasteiger partial charge in [0.15, 0.2) is 5.82 Å². The summed E-state index contributed by atoms with van der Waals surface area (Å²) in [6.07, 6.45) is 0. The van der Waals surface area contributed by atoms with Crippen molar-refractivity contribution in [2.24, 2.45) is 0 Å². The van der Waals surface area contributed by atoms with Crippen LogP contribution in [0.2, 0.25) is 0 Å². The third-order valence-corrected chi connectivity index (χ3v) is 10.5. The van der Waals surface area contributed by atoms with Gasteiger partial charge in [-0.3, -0.25) is 0 Å². The predicted octanol–water partition coefficient (Wildman–Crippen LogP) is 12.6. The van der Waals surface area contributed by atoms with Crippen LogP contribution in [0.5, 0.6) is 0 Å². The van der Waals surface area contributed by atoms with Crippen molar-refractivity contribution in [1.29, 1.82) is 0 Å². The molecule has 0 bridgehead atoms. The average Bonchev–Trinajstić information content (AvgIpc) is 3.73. The number of hydrogen-bond acceptors (Lipinski definition) is 4. The van der Waals surface area contributed by atoms with Gasteiger partial charge < -0.3 is 4.42 Å². The first-order chi connectivity index (χ1) is 23.8. The lowest BCUT2D eigenvalue weighted by Gasteiger charge is -2.09. The van der Waals surface area contributed by atoms with E-state index in [1.54, 1.807) is 11.3 Å².